The molecule has 1 fully saturated rings. The van der Waals surface area contributed by atoms with Crippen LogP contribution in [0.2, 0.25) is 0 Å². The minimum absolute atomic E-state index is 0.241. The van der Waals surface area contributed by atoms with E-state index in [4.69, 9.17) is 9.72 Å². The minimum atomic E-state index is -3.61. The summed E-state index contributed by atoms with van der Waals surface area (Å²) < 4.78 is 35.2. The SMILES string of the molecule is Cn1c(CC[NH+]2CCOCC2)nc2cc(NS(=O)(=O)c3ccccc3)ccc21. The fraction of sp³-hybridized carbons (Fsp3) is 0.350. The van der Waals surface area contributed by atoms with Crippen molar-refractivity contribution in [2.45, 2.75) is 11.3 Å². The van der Waals surface area contributed by atoms with E-state index in [9.17, 15) is 8.42 Å². The monoisotopic (exact) mass is 401 g/mol. The molecule has 0 amide bonds. The average molecular weight is 402 g/mol. The van der Waals surface area contributed by atoms with Gasteiger partial charge in [0, 0.05) is 7.05 Å². The lowest BCUT2D eigenvalue weighted by Crippen LogP contribution is -3.14. The number of nitrogens with one attached hydrogen (secondary N) is 2. The number of anilines is 1. The van der Waals surface area contributed by atoms with Crippen LogP contribution in [0.25, 0.3) is 11.0 Å². The van der Waals surface area contributed by atoms with Crippen molar-refractivity contribution in [3.05, 3.63) is 54.4 Å². The first-order valence-corrected chi connectivity index (χ1v) is 11.0. The number of ether oxygens (including phenoxy) is 1. The molecule has 1 saturated heterocycles. The lowest BCUT2D eigenvalue weighted by molar-refractivity contribution is -0.907. The fourth-order valence-electron chi connectivity index (χ4n) is 3.55. The van der Waals surface area contributed by atoms with Gasteiger partial charge in [0.15, 0.2) is 0 Å². The molecule has 28 heavy (non-hydrogen) atoms. The maximum atomic E-state index is 12.5. The summed E-state index contributed by atoms with van der Waals surface area (Å²) in [4.78, 5) is 6.52. The Balaban J connectivity index is 1.52. The molecule has 0 atom stereocenters. The number of nitrogens with zero attached hydrogens (tertiary/aromatic N) is 2. The smallest absolute Gasteiger partial charge is 0.261 e. The molecule has 0 saturated carbocycles. The molecule has 2 heterocycles. The van der Waals surface area contributed by atoms with Crippen molar-refractivity contribution in [3.63, 3.8) is 0 Å². The Bertz CT molecular complexity index is 1060. The summed E-state index contributed by atoms with van der Waals surface area (Å²) >= 11 is 0. The summed E-state index contributed by atoms with van der Waals surface area (Å²) in [6.45, 7) is 4.74. The maximum Gasteiger partial charge on any atom is 0.261 e. The van der Waals surface area contributed by atoms with Gasteiger partial charge in [-0.1, -0.05) is 18.2 Å². The zero-order valence-corrected chi connectivity index (χ0v) is 16.7. The van der Waals surface area contributed by atoms with Gasteiger partial charge in [-0.2, -0.15) is 0 Å². The van der Waals surface area contributed by atoms with Gasteiger partial charge in [-0.15, -0.1) is 0 Å². The Kier molecular flexibility index (Phi) is 5.34. The Labute approximate surface area is 165 Å². The second kappa shape index (κ2) is 7.90. The van der Waals surface area contributed by atoms with E-state index < -0.39 is 10.0 Å². The van der Waals surface area contributed by atoms with Crippen molar-refractivity contribution < 1.29 is 18.1 Å². The first kappa shape index (κ1) is 18.9. The van der Waals surface area contributed by atoms with E-state index in [0.29, 0.717) is 5.69 Å². The molecule has 0 aliphatic carbocycles. The van der Waals surface area contributed by atoms with Gasteiger partial charge in [0.1, 0.15) is 18.9 Å². The van der Waals surface area contributed by atoms with Gasteiger partial charge in [0.25, 0.3) is 10.0 Å². The molecule has 2 N–H and O–H groups in total. The van der Waals surface area contributed by atoms with Crippen LogP contribution in [0.5, 0.6) is 0 Å². The number of imidazole rings is 1. The van der Waals surface area contributed by atoms with Gasteiger partial charge >= 0.3 is 0 Å². The van der Waals surface area contributed by atoms with E-state index in [1.54, 1.807) is 42.5 Å². The van der Waals surface area contributed by atoms with Crippen LogP contribution in [-0.2, 0) is 28.2 Å². The van der Waals surface area contributed by atoms with E-state index in [0.717, 1.165) is 56.1 Å². The topological polar surface area (TPSA) is 77.7 Å². The number of fused-ring (bicyclic) bond motifs is 1. The van der Waals surface area contributed by atoms with Gasteiger partial charge < -0.3 is 14.2 Å². The second-order valence-corrected chi connectivity index (χ2v) is 8.75. The van der Waals surface area contributed by atoms with Crippen molar-refractivity contribution in [2.75, 3.05) is 37.6 Å². The van der Waals surface area contributed by atoms with E-state index >= 15 is 0 Å². The van der Waals surface area contributed by atoms with Crippen molar-refractivity contribution >= 4 is 26.7 Å². The molecule has 0 spiro atoms. The van der Waals surface area contributed by atoms with E-state index in [-0.39, 0.29) is 4.90 Å². The standard InChI is InChI=1S/C20H24N4O3S/c1-23-19-8-7-16(22-28(25,26)17-5-3-2-4-6-17)15-18(19)21-20(23)9-10-24-11-13-27-14-12-24/h2-8,15,22H,9-14H2,1H3/p+1. The van der Waals surface area contributed by atoms with E-state index in [1.165, 1.54) is 4.90 Å². The Morgan fingerprint density at radius 1 is 1.14 bits per heavy atom. The Morgan fingerprint density at radius 2 is 1.89 bits per heavy atom. The minimum Gasteiger partial charge on any atom is -0.370 e. The molecular formula is C20H25N4O3S+. The highest BCUT2D eigenvalue weighted by Gasteiger charge is 2.17. The van der Waals surface area contributed by atoms with Gasteiger partial charge in [0.05, 0.1) is 47.8 Å². The number of quaternary nitrogens is 1. The third kappa shape index (κ3) is 4.04. The average Bonchev–Trinajstić information content (AvgIpc) is 3.02. The number of hydrogen-bond acceptors (Lipinski definition) is 4. The largest absolute Gasteiger partial charge is 0.370 e. The van der Waals surface area contributed by atoms with Gasteiger partial charge in [-0.25, -0.2) is 13.4 Å². The molecule has 1 aliphatic rings. The lowest BCUT2D eigenvalue weighted by Gasteiger charge is -2.23. The Hall–Kier alpha value is -2.42. The summed E-state index contributed by atoms with van der Waals surface area (Å²) in [7, 11) is -1.60. The molecule has 3 aromatic rings. The predicted molar refractivity (Wildman–Crippen MR) is 108 cm³/mol. The highest BCUT2D eigenvalue weighted by atomic mass is 32.2. The predicted octanol–water partition coefficient (Wildman–Crippen LogP) is 0.832. The molecule has 4 rings (SSSR count). The molecular weight excluding hydrogens is 376 g/mol. The first-order chi connectivity index (χ1) is 13.5. The first-order valence-electron chi connectivity index (χ1n) is 9.47. The number of rotatable bonds is 6. The summed E-state index contributed by atoms with van der Waals surface area (Å²) in [5, 5.41) is 0. The third-order valence-electron chi connectivity index (χ3n) is 5.18. The summed E-state index contributed by atoms with van der Waals surface area (Å²) in [6.07, 6.45) is 0.881. The molecule has 8 heteroatoms. The number of sulfonamides is 1. The second-order valence-electron chi connectivity index (χ2n) is 7.07. The molecule has 1 aliphatic heterocycles. The summed E-state index contributed by atoms with van der Waals surface area (Å²) in [5.74, 6) is 1.01. The van der Waals surface area contributed by atoms with Crippen LogP contribution < -0.4 is 9.62 Å². The van der Waals surface area contributed by atoms with Crippen LogP contribution in [0, 0.1) is 0 Å². The molecule has 0 bridgehead atoms. The number of aryl methyl sites for hydroxylation is 1. The van der Waals surface area contributed by atoms with Crippen molar-refractivity contribution in [2.24, 2.45) is 7.05 Å². The lowest BCUT2D eigenvalue weighted by atomic mass is 10.3. The summed E-state index contributed by atoms with van der Waals surface area (Å²) in [6, 6.07) is 13.8. The zero-order chi connectivity index (χ0) is 19.6. The quantitative estimate of drug-likeness (QED) is 0.642. The number of aromatic nitrogens is 2. The number of hydrogen-bond donors (Lipinski definition) is 2. The molecule has 148 valence electrons. The molecule has 1 aromatic heterocycles. The maximum absolute atomic E-state index is 12.5. The van der Waals surface area contributed by atoms with Crippen LogP contribution in [-0.4, -0.2) is 50.8 Å². The highest BCUT2D eigenvalue weighted by molar-refractivity contribution is 7.92. The number of morpholine rings is 1. The van der Waals surface area contributed by atoms with Crippen LogP contribution >= 0.6 is 0 Å². The van der Waals surface area contributed by atoms with Crippen molar-refractivity contribution in [1.82, 2.24) is 9.55 Å². The van der Waals surface area contributed by atoms with Crippen LogP contribution in [0.15, 0.2) is 53.4 Å². The molecule has 7 nitrogen and oxygen atoms in total. The normalized spacial score (nSPS) is 15.8. The van der Waals surface area contributed by atoms with Gasteiger partial charge in [0.2, 0.25) is 0 Å². The highest BCUT2D eigenvalue weighted by Crippen LogP contribution is 2.22. The Morgan fingerprint density at radius 3 is 2.64 bits per heavy atom. The zero-order valence-electron chi connectivity index (χ0n) is 15.9. The third-order valence-corrected chi connectivity index (χ3v) is 6.58. The summed E-state index contributed by atoms with van der Waals surface area (Å²) in [5.41, 5.74) is 2.30. The van der Waals surface area contributed by atoms with Crippen LogP contribution in [0.3, 0.4) is 0 Å². The molecule has 2 aromatic carbocycles. The molecule has 0 radical (unpaired) electrons. The van der Waals surface area contributed by atoms with Crippen molar-refractivity contribution in [1.29, 1.82) is 0 Å². The van der Waals surface area contributed by atoms with Crippen molar-refractivity contribution in [3.8, 4) is 0 Å². The molecule has 0 unspecified atom stereocenters. The van der Waals surface area contributed by atoms with E-state index in [1.807, 2.05) is 13.1 Å². The van der Waals surface area contributed by atoms with Crippen LogP contribution in [0.1, 0.15) is 5.82 Å². The van der Waals surface area contributed by atoms with Gasteiger partial charge in [-0.3, -0.25) is 4.72 Å². The number of benzene rings is 2. The van der Waals surface area contributed by atoms with Crippen LogP contribution in [0.4, 0.5) is 5.69 Å². The van der Waals surface area contributed by atoms with Gasteiger partial charge in [-0.05, 0) is 30.3 Å². The van der Waals surface area contributed by atoms with E-state index in [2.05, 4.69) is 9.29 Å². The fourth-order valence-corrected chi connectivity index (χ4v) is 4.62.